The van der Waals surface area contributed by atoms with Crippen molar-refractivity contribution >= 4 is 22.7 Å². The predicted molar refractivity (Wildman–Crippen MR) is 66.6 cm³/mol. The van der Waals surface area contributed by atoms with Crippen molar-refractivity contribution in [2.24, 2.45) is 5.10 Å². The third-order valence-electron chi connectivity index (χ3n) is 2.07. The molecule has 0 aliphatic rings. The zero-order valence-corrected chi connectivity index (χ0v) is 9.59. The number of rotatable bonds is 3. The van der Waals surface area contributed by atoms with Crippen LogP contribution in [0.4, 0.5) is 10.1 Å². The number of nitrogens with one attached hydrogen (secondary N) is 1. The van der Waals surface area contributed by atoms with Gasteiger partial charge in [-0.15, -0.1) is 11.3 Å². The zero-order chi connectivity index (χ0) is 11.4. The number of halogens is 1. The molecule has 0 spiro atoms. The van der Waals surface area contributed by atoms with E-state index in [0.29, 0.717) is 0 Å². The van der Waals surface area contributed by atoms with Gasteiger partial charge in [-0.1, -0.05) is 6.07 Å². The molecule has 0 amide bonds. The molecule has 0 fully saturated rings. The number of hydrazone groups is 1. The maximum atomic E-state index is 12.6. The van der Waals surface area contributed by atoms with E-state index in [0.717, 1.165) is 16.3 Å². The highest BCUT2D eigenvalue weighted by molar-refractivity contribution is 7.12. The Morgan fingerprint density at radius 3 is 2.62 bits per heavy atom. The van der Waals surface area contributed by atoms with Gasteiger partial charge in [-0.3, -0.25) is 5.43 Å². The number of hydrogen-bond acceptors (Lipinski definition) is 3. The van der Waals surface area contributed by atoms with Crippen molar-refractivity contribution in [1.29, 1.82) is 0 Å². The summed E-state index contributed by atoms with van der Waals surface area (Å²) in [7, 11) is 0. The van der Waals surface area contributed by atoms with Crippen molar-refractivity contribution in [1.82, 2.24) is 0 Å². The van der Waals surface area contributed by atoms with Gasteiger partial charge in [0.1, 0.15) is 5.82 Å². The predicted octanol–water partition coefficient (Wildman–Crippen LogP) is 3.72. The van der Waals surface area contributed by atoms with Crippen LogP contribution in [0.5, 0.6) is 0 Å². The fourth-order valence-corrected chi connectivity index (χ4v) is 1.89. The lowest BCUT2D eigenvalue weighted by Gasteiger charge is -2.01. The lowest BCUT2D eigenvalue weighted by atomic mass is 10.3. The largest absolute Gasteiger partial charge is 0.278 e. The zero-order valence-electron chi connectivity index (χ0n) is 8.77. The van der Waals surface area contributed by atoms with Crippen LogP contribution in [-0.4, -0.2) is 5.71 Å². The van der Waals surface area contributed by atoms with Gasteiger partial charge in [-0.25, -0.2) is 4.39 Å². The van der Waals surface area contributed by atoms with Crippen LogP contribution in [0.25, 0.3) is 0 Å². The summed E-state index contributed by atoms with van der Waals surface area (Å²) in [4.78, 5) is 1.12. The second-order valence-corrected chi connectivity index (χ2v) is 4.24. The van der Waals surface area contributed by atoms with E-state index in [-0.39, 0.29) is 5.82 Å². The van der Waals surface area contributed by atoms with E-state index in [1.165, 1.54) is 12.1 Å². The highest BCUT2D eigenvalue weighted by Crippen LogP contribution is 2.12. The molecule has 0 aliphatic heterocycles. The van der Waals surface area contributed by atoms with Gasteiger partial charge in [0.25, 0.3) is 0 Å². The number of hydrogen-bond donors (Lipinski definition) is 1. The molecule has 2 rings (SSSR count). The molecule has 1 heterocycles. The second-order valence-electron chi connectivity index (χ2n) is 3.29. The topological polar surface area (TPSA) is 24.4 Å². The van der Waals surface area contributed by atoms with Crippen molar-refractivity contribution < 1.29 is 4.39 Å². The summed E-state index contributed by atoms with van der Waals surface area (Å²) in [6.07, 6.45) is 0. The normalized spacial score (nSPS) is 11.5. The van der Waals surface area contributed by atoms with Crippen molar-refractivity contribution in [3.63, 3.8) is 0 Å². The van der Waals surface area contributed by atoms with E-state index in [2.05, 4.69) is 10.5 Å². The molecule has 0 saturated carbocycles. The standard InChI is InChI=1S/C12H11FN2S/c1-9(12-3-2-8-16-12)14-15-11-6-4-10(13)5-7-11/h2-8,15H,1H3. The quantitative estimate of drug-likeness (QED) is 0.635. The summed E-state index contributed by atoms with van der Waals surface area (Å²) in [5.74, 6) is -0.246. The molecule has 2 aromatic rings. The Balaban J connectivity index is 2.06. The number of nitrogens with zero attached hydrogens (tertiary/aromatic N) is 1. The van der Waals surface area contributed by atoms with Crippen LogP contribution in [0, 0.1) is 5.82 Å². The minimum atomic E-state index is -0.246. The first-order valence-corrected chi connectivity index (χ1v) is 5.73. The summed E-state index contributed by atoms with van der Waals surface area (Å²) in [6, 6.07) is 10.1. The van der Waals surface area contributed by atoms with Crippen molar-refractivity contribution in [3.8, 4) is 0 Å². The molecule has 4 heteroatoms. The molecule has 0 bridgehead atoms. The lowest BCUT2D eigenvalue weighted by molar-refractivity contribution is 0.628. The molecular formula is C12H11FN2S. The lowest BCUT2D eigenvalue weighted by Crippen LogP contribution is -1.97. The first-order chi connectivity index (χ1) is 7.75. The smallest absolute Gasteiger partial charge is 0.123 e. The van der Waals surface area contributed by atoms with Gasteiger partial charge in [0.15, 0.2) is 0 Å². The fourth-order valence-electron chi connectivity index (χ4n) is 1.21. The van der Waals surface area contributed by atoms with Crippen LogP contribution < -0.4 is 5.43 Å². The number of thiophene rings is 1. The Morgan fingerprint density at radius 1 is 1.25 bits per heavy atom. The van der Waals surface area contributed by atoms with E-state index in [4.69, 9.17) is 0 Å². The van der Waals surface area contributed by atoms with Gasteiger partial charge in [-0.05, 0) is 42.6 Å². The van der Waals surface area contributed by atoms with Crippen LogP contribution in [0.1, 0.15) is 11.8 Å². The Kier molecular flexibility index (Phi) is 3.31. The van der Waals surface area contributed by atoms with Gasteiger partial charge in [0, 0.05) is 4.88 Å². The molecule has 1 N–H and O–H groups in total. The van der Waals surface area contributed by atoms with Crippen LogP contribution in [0.2, 0.25) is 0 Å². The van der Waals surface area contributed by atoms with Crippen LogP contribution in [0.3, 0.4) is 0 Å². The molecule has 0 atom stereocenters. The Hall–Kier alpha value is -1.68. The first-order valence-electron chi connectivity index (χ1n) is 4.85. The maximum absolute atomic E-state index is 12.6. The molecule has 0 radical (unpaired) electrons. The van der Waals surface area contributed by atoms with Crippen LogP contribution in [0.15, 0.2) is 46.9 Å². The number of anilines is 1. The molecule has 0 saturated heterocycles. The molecule has 16 heavy (non-hydrogen) atoms. The molecular weight excluding hydrogens is 223 g/mol. The minimum Gasteiger partial charge on any atom is -0.278 e. The van der Waals surface area contributed by atoms with Gasteiger partial charge >= 0.3 is 0 Å². The van der Waals surface area contributed by atoms with Crippen molar-refractivity contribution in [3.05, 3.63) is 52.5 Å². The molecule has 0 aliphatic carbocycles. The average Bonchev–Trinajstić information content (AvgIpc) is 2.81. The van der Waals surface area contributed by atoms with E-state index in [1.54, 1.807) is 23.5 Å². The third-order valence-corrected chi connectivity index (χ3v) is 3.05. The molecule has 2 nitrogen and oxygen atoms in total. The summed E-state index contributed by atoms with van der Waals surface area (Å²) >= 11 is 1.64. The molecule has 1 aromatic heterocycles. The maximum Gasteiger partial charge on any atom is 0.123 e. The molecule has 1 aromatic carbocycles. The van der Waals surface area contributed by atoms with Gasteiger partial charge < -0.3 is 0 Å². The summed E-state index contributed by atoms with van der Waals surface area (Å²) < 4.78 is 12.6. The Labute approximate surface area is 97.4 Å². The highest BCUT2D eigenvalue weighted by atomic mass is 32.1. The van der Waals surface area contributed by atoms with Gasteiger partial charge in [0.2, 0.25) is 0 Å². The second kappa shape index (κ2) is 4.90. The molecule has 0 unspecified atom stereocenters. The SMILES string of the molecule is CC(=NNc1ccc(F)cc1)c1cccs1. The van der Waals surface area contributed by atoms with E-state index in [9.17, 15) is 4.39 Å². The van der Waals surface area contributed by atoms with Crippen LogP contribution in [-0.2, 0) is 0 Å². The minimum absolute atomic E-state index is 0.246. The monoisotopic (exact) mass is 234 g/mol. The fraction of sp³-hybridized carbons (Fsp3) is 0.0833. The highest BCUT2D eigenvalue weighted by Gasteiger charge is 1.97. The van der Waals surface area contributed by atoms with Crippen molar-refractivity contribution in [2.45, 2.75) is 6.92 Å². The van der Waals surface area contributed by atoms with Gasteiger partial charge in [0.05, 0.1) is 11.4 Å². The third kappa shape index (κ3) is 2.67. The first kappa shape index (κ1) is 10.8. The van der Waals surface area contributed by atoms with Crippen molar-refractivity contribution in [2.75, 3.05) is 5.43 Å². The van der Waals surface area contributed by atoms with Crippen LogP contribution >= 0.6 is 11.3 Å². The van der Waals surface area contributed by atoms with E-state index >= 15 is 0 Å². The summed E-state index contributed by atoms with van der Waals surface area (Å²) in [6.45, 7) is 1.93. The summed E-state index contributed by atoms with van der Waals surface area (Å²) in [5.41, 5.74) is 4.58. The summed E-state index contributed by atoms with van der Waals surface area (Å²) in [5, 5.41) is 6.23. The number of benzene rings is 1. The van der Waals surface area contributed by atoms with E-state index in [1.807, 2.05) is 24.4 Å². The Morgan fingerprint density at radius 2 is 2.00 bits per heavy atom. The van der Waals surface area contributed by atoms with Gasteiger partial charge in [-0.2, -0.15) is 5.10 Å². The average molecular weight is 234 g/mol. The van der Waals surface area contributed by atoms with E-state index < -0.39 is 0 Å². The molecule has 82 valence electrons. The Bertz CT molecular complexity index is 474.